The number of H-pyrrole nitrogens is 1. The molecule has 5 nitrogen and oxygen atoms in total. The summed E-state index contributed by atoms with van der Waals surface area (Å²) < 4.78 is 78.1. The van der Waals surface area contributed by atoms with E-state index in [1.807, 2.05) is 0 Å². The van der Waals surface area contributed by atoms with Crippen molar-refractivity contribution in [2.45, 2.75) is 12.4 Å². The molecule has 3 aromatic rings. The van der Waals surface area contributed by atoms with Crippen LogP contribution in [0.4, 0.5) is 26.3 Å². The molecule has 0 spiro atoms. The van der Waals surface area contributed by atoms with Crippen LogP contribution in [0.25, 0.3) is 22.0 Å². The summed E-state index contributed by atoms with van der Waals surface area (Å²) in [5.74, 6) is -1.89. The number of hydrogen-bond acceptors (Lipinski definition) is 4. The van der Waals surface area contributed by atoms with Gasteiger partial charge in [-0.1, -0.05) is 18.2 Å². The van der Waals surface area contributed by atoms with E-state index >= 15 is 0 Å². The van der Waals surface area contributed by atoms with E-state index in [2.05, 4.69) is 10.1 Å². The molecule has 0 fully saturated rings. The maximum absolute atomic E-state index is 13.1. The lowest BCUT2D eigenvalue weighted by Gasteiger charge is -2.10. The molecule has 0 saturated carbocycles. The van der Waals surface area contributed by atoms with Crippen molar-refractivity contribution in [2.75, 3.05) is 0 Å². The van der Waals surface area contributed by atoms with Gasteiger partial charge in [-0.2, -0.15) is 31.4 Å². The van der Waals surface area contributed by atoms with E-state index in [4.69, 9.17) is 5.11 Å². The lowest BCUT2D eigenvalue weighted by molar-refractivity contribution is -0.141. The SMILES string of the molecule is O=C(O)c1c(-c2nc(-c3ccccc3C(F)(F)F)cs2)n[nH]c1C(F)(F)F. The van der Waals surface area contributed by atoms with Gasteiger partial charge < -0.3 is 5.11 Å². The van der Waals surface area contributed by atoms with E-state index in [0.29, 0.717) is 11.3 Å². The first-order valence-corrected chi connectivity index (χ1v) is 7.89. The van der Waals surface area contributed by atoms with Crippen molar-refractivity contribution in [1.29, 1.82) is 0 Å². The molecule has 2 aromatic heterocycles. The quantitative estimate of drug-likeness (QED) is 0.603. The fourth-order valence-electron chi connectivity index (χ4n) is 2.37. The first-order valence-electron chi connectivity index (χ1n) is 7.01. The maximum atomic E-state index is 13.1. The minimum atomic E-state index is -5.00. The second-order valence-electron chi connectivity index (χ2n) is 5.21. The first-order chi connectivity index (χ1) is 12.5. The van der Waals surface area contributed by atoms with Crippen LogP contribution in [0.3, 0.4) is 0 Å². The number of aromatic carboxylic acids is 1. The predicted molar refractivity (Wildman–Crippen MR) is 82.1 cm³/mol. The molecule has 0 saturated heterocycles. The van der Waals surface area contributed by atoms with Crippen molar-refractivity contribution in [3.05, 3.63) is 46.5 Å². The highest BCUT2D eigenvalue weighted by atomic mass is 32.1. The third-order valence-electron chi connectivity index (χ3n) is 3.48. The van der Waals surface area contributed by atoms with Crippen LogP contribution in [0.2, 0.25) is 0 Å². The Labute approximate surface area is 150 Å². The number of halogens is 6. The topological polar surface area (TPSA) is 78.9 Å². The predicted octanol–water partition coefficient (Wildman–Crippen LogP) is 4.94. The number of nitrogens with zero attached hydrogens (tertiary/aromatic N) is 2. The van der Waals surface area contributed by atoms with Crippen LogP contribution in [0, 0.1) is 0 Å². The van der Waals surface area contributed by atoms with E-state index in [1.54, 1.807) is 5.10 Å². The molecule has 2 N–H and O–H groups in total. The van der Waals surface area contributed by atoms with Gasteiger partial charge in [0.2, 0.25) is 0 Å². The Morgan fingerprint density at radius 3 is 2.33 bits per heavy atom. The Morgan fingerprint density at radius 1 is 1.07 bits per heavy atom. The van der Waals surface area contributed by atoms with Crippen LogP contribution in [0.1, 0.15) is 21.6 Å². The average molecular weight is 407 g/mol. The highest BCUT2D eigenvalue weighted by molar-refractivity contribution is 7.13. The van der Waals surface area contributed by atoms with Crippen molar-refractivity contribution in [2.24, 2.45) is 0 Å². The first kappa shape index (κ1) is 18.9. The number of hydrogen-bond donors (Lipinski definition) is 2. The largest absolute Gasteiger partial charge is 0.478 e. The van der Waals surface area contributed by atoms with Crippen LogP contribution in [0.15, 0.2) is 29.6 Å². The Morgan fingerprint density at radius 2 is 1.74 bits per heavy atom. The van der Waals surface area contributed by atoms with Crippen LogP contribution in [-0.4, -0.2) is 26.3 Å². The minimum absolute atomic E-state index is 0.157. The highest BCUT2D eigenvalue weighted by Gasteiger charge is 2.40. The Bertz CT molecular complexity index is 1010. The van der Waals surface area contributed by atoms with Crippen molar-refractivity contribution in [1.82, 2.24) is 15.2 Å². The summed E-state index contributed by atoms with van der Waals surface area (Å²) in [6, 6.07) is 4.53. The van der Waals surface area contributed by atoms with E-state index in [9.17, 15) is 31.1 Å². The normalized spacial score (nSPS) is 12.4. The molecular weight excluding hydrogens is 400 g/mol. The Hall–Kier alpha value is -2.89. The summed E-state index contributed by atoms with van der Waals surface area (Å²) in [4.78, 5) is 15.1. The molecule has 2 heterocycles. The van der Waals surface area contributed by atoms with E-state index < -0.39 is 40.8 Å². The summed E-state index contributed by atoms with van der Waals surface area (Å²) in [6.45, 7) is 0. The van der Waals surface area contributed by atoms with E-state index in [0.717, 1.165) is 12.1 Å². The molecular formula is C15H7F6N3O2S. The van der Waals surface area contributed by atoms with Gasteiger partial charge in [-0.3, -0.25) is 5.10 Å². The zero-order valence-electron chi connectivity index (χ0n) is 12.8. The zero-order chi connectivity index (χ0) is 20.0. The average Bonchev–Trinajstić information content (AvgIpc) is 3.20. The summed E-state index contributed by atoms with van der Waals surface area (Å²) in [7, 11) is 0. The van der Waals surface area contributed by atoms with Gasteiger partial charge in [-0.15, -0.1) is 11.3 Å². The standard InChI is InChI=1S/C15H7F6N3O2S/c16-14(17,18)7-4-2-1-3-6(7)8-5-27-12(22-8)10-9(13(25)26)11(24-23-10)15(19,20)21/h1-5H,(H,23,24)(H,25,26). The molecule has 1 aromatic carbocycles. The highest BCUT2D eigenvalue weighted by Crippen LogP contribution is 2.40. The number of carboxylic acid groups (broad SMARTS) is 1. The van der Waals surface area contributed by atoms with Crippen LogP contribution < -0.4 is 0 Å². The summed E-state index contributed by atoms with van der Waals surface area (Å²) >= 11 is 0.681. The molecule has 0 amide bonds. The Balaban J connectivity index is 2.12. The number of benzene rings is 1. The number of alkyl halides is 6. The molecule has 12 heteroatoms. The fourth-order valence-corrected chi connectivity index (χ4v) is 3.18. The molecule has 0 aliphatic heterocycles. The molecule has 0 bridgehead atoms. The molecule has 0 aliphatic carbocycles. The van der Waals surface area contributed by atoms with Crippen LogP contribution >= 0.6 is 11.3 Å². The van der Waals surface area contributed by atoms with E-state index in [1.165, 1.54) is 17.5 Å². The van der Waals surface area contributed by atoms with E-state index in [-0.39, 0.29) is 16.3 Å². The molecule has 0 unspecified atom stereocenters. The summed E-state index contributed by atoms with van der Waals surface area (Å²) in [5, 5.41) is 15.0. The minimum Gasteiger partial charge on any atom is -0.478 e. The number of thiazole rings is 1. The molecule has 0 atom stereocenters. The van der Waals surface area contributed by atoms with Gasteiger partial charge in [0.1, 0.15) is 16.3 Å². The Kier molecular flexibility index (Phi) is 4.46. The number of carbonyl (C=O) groups is 1. The lowest BCUT2D eigenvalue weighted by atomic mass is 10.1. The van der Waals surface area contributed by atoms with Gasteiger partial charge in [-0.25, -0.2) is 9.78 Å². The van der Waals surface area contributed by atoms with Gasteiger partial charge in [0.25, 0.3) is 0 Å². The van der Waals surface area contributed by atoms with Crippen LogP contribution in [0.5, 0.6) is 0 Å². The number of nitrogens with one attached hydrogen (secondary N) is 1. The van der Waals surface area contributed by atoms with Crippen molar-refractivity contribution in [3.63, 3.8) is 0 Å². The monoisotopic (exact) mass is 407 g/mol. The second kappa shape index (κ2) is 6.37. The second-order valence-corrected chi connectivity index (χ2v) is 6.06. The third-order valence-corrected chi connectivity index (χ3v) is 4.33. The number of carboxylic acids is 1. The molecule has 27 heavy (non-hydrogen) atoms. The fraction of sp³-hybridized carbons (Fsp3) is 0.133. The summed E-state index contributed by atoms with van der Waals surface area (Å²) in [5.41, 5.74) is -4.73. The third kappa shape index (κ3) is 3.52. The van der Waals surface area contributed by atoms with Crippen molar-refractivity contribution < 1.29 is 36.2 Å². The molecule has 3 rings (SSSR count). The molecule has 0 radical (unpaired) electrons. The van der Waals surface area contributed by atoms with Crippen LogP contribution in [-0.2, 0) is 12.4 Å². The maximum Gasteiger partial charge on any atom is 0.433 e. The number of aromatic amines is 1. The molecule has 142 valence electrons. The van der Waals surface area contributed by atoms with Gasteiger partial charge in [-0.05, 0) is 6.07 Å². The van der Waals surface area contributed by atoms with Gasteiger partial charge in [0, 0.05) is 10.9 Å². The summed E-state index contributed by atoms with van der Waals surface area (Å²) in [6.07, 6.45) is -9.66. The van der Waals surface area contributed by atoms with Gasteiger partial charge >= 0.3 is 18.3 Å². The van der Waals surface area contributed by atoms with Crippen molar-refractivity contribution >= 4 is 17.3 Å². The van der Waals surface area contributed by atoms with Crippen molar-refractivity contribution in [3.8, 4) is 22.0 Å². The lowest BCUT2D eigenvalue weighted by Crippen LogP contribution is -2.12. The number of aromatic nitrogens is 3. The van der Waals surface area contributed by atoms with Gasteiger partial charge in [0.15, 0.2) is 5.69 Å². The zero-order valence-corrected chi connectivity index (χ0v) is 13.6. The number of rotatable bonds is 3. The van der Waals surface area contributed by atoms with Gasteiger partial charge in [0.05, 0.1) is 11.3 Å². The molecule has 0 aliphatic rings. The smallest absolute Gasteiger partial charge is 0.433 e.